The van der Waals surface area contributed by atoms with Crippen LogP contribution in [0.15, 0.2) is 245 Å². The van der Waals surface area contributed by atoms with Crippen LogP contribution in [0.4, 0.5) is 39.8 Å². The number of rotatable bonds is 13. The Morgan fingerprint density at radius 1 is 0.433 bits per heavy atom. The first kappa shape index (κ1) is 37.4. The van der Waals surface area contributed by atoms with Crippen molar-refractivity contribution < 1.29 is 0 Å². The van der Waals surface area contributed by atoms with Gasteiger partial charge in [0.05, 0.1) is 22.4 Å². The first-order valence-corrected chi connectivity index (χ1v) is 19.8. The molecule has 0 bridgehead atoms. The second kappa shape index (κ2) is 16.3. The quantitative estimate of drug-likeness (QED) is 0.109. The molecule has 0 amide bonds. The van der Waals surface area contributed by atoms with Gasteiger partial charge >= 0.3 is 0 Å². The molecule has 0 radical (unpaired) electrons. The van der Waals surface area contributed by atoms with E-state index >= 15 is 0 Å². The standard InChI is InChI=1S/C54H42N6/c1-5-39(3)57(40(4)6-2)43-25-27-44(28-26-43)58(41-17-9-7-10-18-41)53-33-35-55-37-49(53)50-38-56-36-34-54(50)59(42-19-11-8-12-20-42)45-29-31-46(32-30-45)60-51-23-15-13-21-47(51)48-22-14-16-24-52(48)60/h5-38H,1-4H2. The number of nitrogens with zero attached hydrogens (tertiary/aromatic N) is 6. The molecule has 9 rings (SSSR count). The van der Waals surface area contributed by atoms with E-state index in [-0.39, 0.29) is 0 Å². The van der Waals surface area contributed by atoms with E-state index in [0.717, 1.165) is 56.6 Å². The molecule has 0 aliphatic carbocycles. The lowest BCUT2D eigenvalue weighted by atomic mass is 10.0. The molecular weight excluding hydrogens is 733 g/mol. The van der Waals surface area contributed by atoms with E-state index in [2.05, 4.69) is 198 Å². The minimum atomic E-state index is 0.706. The number of allylic oxidation sites excluding steroid dienone is 2. The van der Waals surface area contributed by atoms with Crippen LogP contribution in [0.25, 0.3) is 38.6 Å². The summed E-state index contributed by atoms with van der Waals surface area (Å²) in [4.78, 5) is 15.9. The number of hydrogen-bond donors (Lipinski definition) is 0. The van der Waals surface area contributed by atoms with Gasteiger partial charge in [0, 0.05) is 92.2 Å². The van der Waals surface area contributed by atoms with E-state index < -0.39 is 0 Å². The summed E-state index contributed by atoms with van der Waals surface area (Å²) >= 11 is 0. The molecule has 0 N–H and O–H groups in total. The number of hydrogen-bond acceptors (Lipinski definition) is 5. The van der Waals surface area contributed by atoms with Crippen molar-refractivity contribution in [1.29, 1.82) is 0 Å². The molecule has 9 aromatic rings. The number of benzene rings is 6. The lowest BCUT2D eigenvalue weighted by molar-refractivity contribution is 1.16. The van der Waals surface area contributed by atoms with E-state index in [1.54, 1.807) is 12.2 Å². The summed E-state index contributed by atoms with van der Waals surface area (Å²) in [7, 11) is 0. The van der Waals surface area contributed by atoms with Gasteiger partial charge < -0.3 is 19.3 Å². The summed E-state index contributed by atoms with van der Waals surface area (Å²) in [5.74, 6) is 0. The fraction of sp³-hybridized carbons (Fsp3) is 0. The van der Waals surface area contributed by atoms with Crippen LogP contribution < -0.4 is 14.7 Å². The highest BCUT2D eigenvalue weighted by atomic mass is 15.2. The lowest BCUT2D eigenvalue weighted by Gasteiger charge is -2.31. The summed E-state index contributed by atoms with van der Waals surface area (Å²) in [6.45, 7) is 16.3. The Labute approximate surface area is 350 Å². The van der Waals surface area contributed by atoms with Crippen LogP contribution in [0, 0.1) is 0 Å². The second-order valence-electron chi connectivity index (χ2n) is 14.3. The van der Waals surface area contributed by atoms with Crippen molar-refractivity contribution in [3.63, 3.8) is 0 Å². The van der Waals surface area contributed by atoms with Crippen LogP contribution in [-0.4, -0.2) is 14.5 Å². The van der Waals surface area contributed by atoms with Gasteiger partial charge in [-0.2, -0.15) is 0 Å². The molecule has 0 atom stereocenters. The molecule has 6 nitrogen and oxygen atoms in total. The Morgan fingerprint density at radius 3 is 1.27 bits per heavy atom. The minimum absolute atomic E-state index is 0.706. The van der Waals surface area contributed by atoms with Crippen LogP contribution in [0.3, 0.4) is 0 Å². The Kier molecular flexibility index (Phi) is 10.2. The van der Waals surface area contributed by atoms with E-state index in [1.807, 2.05) is 41.8 Å². The van der Waals surface area contributed by atoms with Gasteiger partial charge in [-0.1, -0.05) is 99.1 Å². The maximum absolute atomic E-state index is 4.71. The zero-order valence-electron chi connectivity index (χ0n) is 33.1. The molecule has 6 aromatic carbocycles. The van der Waals surface area contributed by atoms with Gasteiger partial charge in [-0.05, 0) is 109 Å². The van der Waals surface area contributed by atoms with Gasteiger partial charge in [0.25, 0.3) is 0 Å². The molecule has 6 heteroatoms. The Morgan fingerprint density at radius 2 is 0.817 bits per heavy atom. The molecule has 3 aromatic heterocycles. The van der Waals surface area contributed by atoms with Crippen molar-refractivity contribution in [1.82, 2.24) is 14.5 Å². The zero-order valence-corrected chi connectivity index (χ0v) is 33.1. The molecule has 3 heterocycles. The van der Waals surface area contributed by atoms with Crippen LogP contribution in [-0.2, 0) is 0 Å². The van der Waals surface area contributed by atoms with Crippen LogP contribution in [0.2, 0.25) is 0 Å². The molecule has 0 aliphatic heterocycles. The summed E-state index contributed by atoms with van der Waals surface area (Å²) in [5.41, 5.74) is 13.4. The summed E-state index contributed by atoms with van der Waals surface area (Å²) in [5, 5.41) is 2.47. The third-order valence-corrected chi connectivity index (χ3v) is 10.8. The van der Waals surface area contributed by atoms with Gasteiger partial charge in [-0.15, -0.1) is 0 Å². The average molecular weight is 775 g/mol. The smallest absolute Gasteiger partial charge is 0.0572 e. The molecule has 0 spiro atoms. The predicted molar refractivity (Wildman–Crippen MR) is 252 cm³/mol. The van der Waals surface area contributed by atoms with Gasteiger partial charge in [0.2, 0.25) is 0 Å². The van der Waals surface area contributed by atoms with Crippen molar-refractivity contribution >= 4 is 61.6 Å². The number of pyridine rings is 2. The Bertz CT molecular complexity index is 2930. The van der Waals surface area contributed by atoms with Gasteiger partial charge in [0.1, 0.15) is 0 Å². The van der Waals surface area contributed by atoms with Crippen molar-refractivity contribution in [3.05, 3.63) is 245 Å². The lowest BCUT2D eigenvalue weighted by Crippen LogP contribution is -2.18. The fourth-order valence-corrected chi connectivity index (χ4v) is 7.99. The van der Waals surface area contributed by atoms with E-state index in [1.165, 1.54) is 21.8 Å². The fourth-order valence-electron chi connectivity index (χ4n) is 7.99. The van der Waals surface area contributed by atoms with Crippen molar-refractivity contribution in [2.45, 2.75) is 0 Å². The highest BCUT2D eigenvalue weighted by molar-refractivity contribution is 6.09. The zero-order chi connectivity index (χ0) is 41.0. The maximum Gasteiger partial charge on any atom is 0.0572 e. The largest absolute Gasteiger partial charge is 0.312 e. The number of aromatic nitrogens is 3. The highest BCUT2D eigenvalue weighted by Gasteiger charge is 2.23. The number of anilines is 7. The first-order valence-electron chi connectivity index (χ1n) is 19.8. The van der Waals surface area contributed by atoms with Crippen molar-refractivity contribution in [2.24, 2.45) is 0 Å². The van der Waals surface area contributed by atoms with Gasteiger partial charge in [0.15, 0.2) is 0 Å². The van der Waals surface area contributed by atoms with Gasteiger partial charge in [-0.25, -0.2) is 0 Å². The topological polar surface area (TPSA) is 40.4 Å². The van der Waals surface area contributed by atoms with Crippen LogP contribution in [0.1, 0.15) is 0 Å². The van der Waals surface area contributed by atoms with Gasteiger partial charge in [-0.3, -0.25) is 9.97 Å². The summed E-state index contributed by atoms with van der Waals surface area (Å²) in [6.07, 6.45) is 11.0. The highest BCUT2D eigenvalue weighted by Crippen LogP contribution is 2.46. The molecule has 60 heavy (non-hydrogen) atoms. The van der Waals surface area contributed by atoms with E-state index in [0.29, 0.717) is 11.4 Å². The Hall–Kier alpha value is -8.22. The monoisotopic (exact) mass is 774 g/mol. The third-order valence-electron chi connectivity index (χ3n) is 10.8. The molecule has 0 saturated heterocycles. The molecular formula is C54H42N6. The van der Waals surface area contributed by atoms with Crippen LogP contribution >= 0.6 is 0 Å². The summed E-state index contributed by atoms with van der Waals surface area (Å²) in [6, 6.07) is 59.3. The molecule has 0 fully saturated rings. The minimum Gasteiger partial charge on any atom is -0.312 e. The Balaban J connectivity index is 1.17. The van der Waals surface area contributed by atoms with Crippen molar-refractivity contribution in [3.8, 4) is 16.8 Å². The third kappa shape index (κ3) is 6.82. The van der Waals surface area contributed by atoms with E-state index in [9.17, 15) is 0 Å². The first-order chi connectivity index (χ1) is 29.6. The molecule has 288 valence electrons. The number of fused-ring (bicyclic) bond motifs is 3. The average Bonchev–Trinajstić information content (AvgIpc) is 3.65. The SMILES string of the molecule is C=CC(=C)N(C(=C)C=C)c1ccc(N(c2ccccc2)c2ccncc2-c2cnccc2N(c2ccccc2)c2ccc(-n3c4ccccc4c4ccccc43)cc2)cc1. The summed E-state index contributed by atoms with van der Waals surface area (Å²) < 4.78 is 2.34. The van der Waals surface area contributed by atoms with Crippen LogP contribution in [0.5, 0.6) is 0 Å². The predicted octanol–water partition coefficient (Wildman–Crippen LogP) is 14.4. The molecule has 0 saturated carbocycles. The normalized spacial score (nSPS) is 10.9. The van der Waals surface area contributed by atoms with E-state index in [4.69, 9.17) is 9.97 Å². The van der Waals surface area contributed by atoms with Crippen molar-refractivity contribution in [2.75, 3.05) is 14.7 Å². The second-order valence-corrected chi connectivity index (χ2v) is 14.3. The maximum atomic E-state index is 4.71. The molecule has 0 aliphatic rings. The molecule has 0 unspecified atom stereocenters. The number of para-hydroxylation sites is 4.